The predicted molar refractivity (Wildman–Crippen MR) is 91.0 cm³/mol. The van der Waals surface area contributed by atoms with Crippen LogP contribution in [0.2, 0.25) is 0 Å². The van der Waals surface area contributed by atoms with Crippen LogP contribution in [0, 0.1) is 0 Å². The number of hydrogen-bond donors (Lipinski definition) is 1. The molecule has 0 aliphatic carbocycles. The van der Waals surface area contributed by atoms with Crippen molar-refractivity contribution in [2.24, 2.45) is 0 Å². The van der Waals surface area contributed by atoms with E-state index < -0.39 is 0 Å². The van der Waals surface area contributed by atoms with Crippen molar-refractivity contribution >= 4 is 48.9 Å². The molecule has 0 bridgehead atoms. The first-order valence-corrected chi connectivity index (χ1v) is 8.51. The molecule has 0 amide bonds. The number of rotatable bonds is 6. The standard InChI is InChI=1S/C14H16Br2N2S/c1-18(9-11-8-14(16)19-10-11)7-6-17-13-5-3-2-4-12(13)15/h2-5,8,10,17H,6-7,9H2,1H3. The molecule has 102 valence electrons. The second-order valence-electron chi connectivity index (χ2n) is 4.40. The summed E-state index contributed by atoms with van der Waals surface area (Å²) in [4.78, 5) is 2.32. The zero-order valence-electron chi connectivity index (χ0n) is 10.7. The molecule has 19 heavy (non-hydrogen) atoms. The van der Waals surface area contributed by atoms with Crippen LogP contribution in [-0.4, -0.2) is 25.0 Å². The lowest BCUT2D eigenvalue weighted by molar-refractivity contribution is 0.340. The van der Waals surface area contributed by atoms with Crippen molar-refractivity contribution in [3.63, 3.8) is 0 Å². The monoisotopic (exact) mass is 402 g/mol. The van der Waals surface area contributed by atoms with Gasteiger partial charge in [0.2, 0.25) is 0 Å². The number of thiophene rings is 1. The number of benzene rings is 1. The molecule has 0 saturated carbocycles. The predicted octanol–water partition coefficient (Wildman–Crippen LogP) is 4.82. The molecule has 0 aliphatic rings. The van der Waals surface area contributed by atoms with Crippen molar-refractivity contribution in [1.29, 1.82) is 0 Å². The summed E-state index contributed by atoms with van der Waals surface area (Å²) in [5, 5.41) is 5.64. The minimum Gasteiger partial charge on any atom is -0.383 e. The van der Waals surface area contributed by atoms with Crippen LogP contribution in [0.3, 0.4) is 0 Å². The third kappa shape index (κ3) is 4.91. The number of hydrogen-bond acceptors (Lipinski definition) is 3. The molecular weight excluding hydrogens is 388 g/mol. The van der Waals surface area contributed by atoms with E-state index in [1.807, 2.05) is 12.1 Å². The molecule has 0 radical (unpaired) electrons. The summed E-state index contributed by atoms with van der Waals surface area (Å²) < 4.78 is 2.31. The normalized spacial score (nSPS) is 10.9. The summed E-state index contributed by atoms with van der Waals surface area (Å²) in [6, 6.07) is 10.4. The Morgan fingerprint density at radius 3 is 2.74 bits per heavy atom. The highest BCUT2D eigenvalue weighted by Crippen LogP contribution is 2.22. The summed E-state index contributed by atoms with van der Waals surface area (Å²) >= 11 is 8.77. The summed E-state index contributed by atoms with van der Waals surface area (Å²) in [7, 11) is 2.15. The maximum Gasteiger partial charge on any atom is 0.0701 e. The third-order valence-corrected chi connectivity index (χ3v) is 5.00. The molecule has 0 unspecified atom stereocenters. The summed E-state index contributed by atoms with van der Waals surface area (Å²) in [6.07, 6.45) is 0. The maximum absolute atomic E-state index is 3.54. The molecule has 1 N–H and O–H groups in total. The van der Waals surface area contributed by atoms with Gasteiger partial charge in [-0.25, -0.2) is 0 Å². The minimum absolute atomic E-state index is 0.935. The first-order chi connectivity index (χ1) is 9.15. The van der Waals surface area contributed by atoms with E-state index in [0.717, 1.165) is 29.8 Å². The SMILES string of the molecule is CN(CCNc1ccccc1Br)Cc1csc(Br)c1. The van der Waals surface area contributed by atoms with Gasteiger partial charge in [0.05, 0.1) is 3.79 Å². The topological polar surface area (TPSA) is 15.3 Å². The fraction of sp³-hybridized carbons (Fsp3) is 0.286. The van der Waals surface area contributed by atoms with E-state index >= 15 is 0 Å². The van der Waals surface area contributed by atoms with Crippen molar-refractivity contribution < 1.29 is 0 Å². The number of nitrogens with one attached hydrogen (secondary N) is 1. The molecule has 0 fully saturated rings. The van der Waals surface area contributed by atoms with Gasteiger partial charge in [-0.1, -0.05) is 12.1 Å². The average molecular weight is 404 g/mol. The fourth-order valence-corrected chi connectivity index (χ4v) is 3.43. The van der Waals surface area contributed by atoms with E-state index in [9.17, 15) is 0 Å². The number of para-hydroxylation sites is 1. The van der Waals surface area contributed by atoms with E-state index in [0.29, 0.717) is 0 Å². The Hall–Kier alpha value is -0.360. The van der Waals surface area contributed by atoms with Crippen LogP contribution < -0.4 is 5.32 Å². The van der Waals surface area contributed by atoms with Gasteiger partial charge in [-0.3, -0.25) is 0 Å². The first kappa shape index (κ1) is 15.0. The fourth-order valence-electron chi connectivity index (χ4n) is 1.81. The lowest BCUT2D eigenvalue weighted by atomic mass is 10.3. The van der Waals surface area contributed by atoms with Crippen molar-refractivity contribution in [3.05, 3.63) is 49.5 Å². The highest BCUT2D eigenvalue weighted by atomic mass is 79.9. The Bertz CT molecular complexity index is 528. The molecule has 2 nitrogen and oxygen atoms in total. The molecule has 2 aromatic rings. The maximum atomic E-state index is 3.54. The Labute approximate surface area is 135 Å². The number of anilines is 1. The van der Waals surface area contributed by atoms with Gasteiger partial charge in [-0.15, -0.1) is 11.3 Å². The molecule has 1 aromatic heterocycles. The van der Waals surface area contributed by atoms with Crippen molar-refractivity contribution in [2.45, 2.75) is 6.54 Å². The number of likely N-dealkylation sites (N-methyl/N-ethyl adjacent to an activating group) is 1. The van der Waals surface area contributed by atoms with E-state index in [2.05, 4.69) is 72.7 Å². The van der Waals surface area contributed by atoms with Gasteiger partial charge >= 0.3 is 0 Å². The van der Waals surface area contributed by atoms with Crippen LogP contribution in [0.5, 0.6) is 0 Å². The zero-order valence-corrected chi connectivity index (χ0v) is 14.7. The Kier molecular flexibility index (Phi) is 5.88. The van der Waals surface area contributed by atoms with Crippen LogP contribution in [-0.2, 0) is 6.54 Å². The lowest BCUT2D eigenvalue weighted by Gasteiger charge is -2.17. The largest absolute Gasteiger partial charge is 0.383 e. The van der Waals surface area contributed by atoms with E-state index in [1.165, 1.54) is 9.35 Å². The number of nitrogens with zero attached hydrogens (tertiary/aromatic N) is 1. The molecule has 1 aromatic carbocycles. The Morgan fingerprint density at radius 1 is 1.26 bits per heavy atom. The van der Waals surface area contributed by atoms with Crippen molar-refractivity contribution in [1.82, 2.24) is 4.90 Å². The molecule has 1 heterocycles. The van der Waals surface area contributed by atoms with Crippen LogP contribution in [0.4, 0.5) is 5.69 Å². The Balaban J connectivity index is 1.75. The molecule has 0 aliphatic heterocycles. The van der Waals surface area contributed by atoms with Gasteiger partial charge in [-0.05, 0) is 68.1 Å². The van der Waals surface area contributed by atoms with Crippen LogP contribution in [0.15, 0.2) is 44.0 Å². The first-order valence-electron chi connectivity index (χ1n) is 6.05. The second-order valence-corrected chi connectivity index (χ2v) is 7.55. The second kappa shape index (κ2) is 7.43. The highest BCUT2D eigenvalue weighted by Gasteiger charge is 2.03. The van der Waals surface area contributed by atoms with E-state index in [4.69, 9.17) is 0 Å². The average Bonchev–Trinajstić information content (AvgIpc) is 2.77. The van der Waals surface area contributed by atoms with Gasteiger partial charge in [0.25, 0.3) is 0 Å². The van der Waals surface area contributed by atoms with Gasteiger partial charge < -0.3 is 10.2 Å². The number of halogens is 2. The molecule has 0 spiro atoms. The van der Waals surface area contributed by atoms with Gasteiger partial charge in [0, 0.05) is 29.8 Å². The molecular formula is C14H16Br2N2S. The summed E-state index contributed by atoms with van der Waals surface area (Å²) in [6.45, 7) is 2.93. The third-order valence-electron chi connectivity index (χ3n) is 2.76. The van der Waals surface area contributed by atoms with Gasteiger partial charge in [0.15, 0.2) is 0 Å². The molecule has 2 rings (SSSR count). The van der Waals surface area contributed by atoms with E-state index in [-0.39, 0.29) is 0 Å². The zero-order chi connectivity index (χ0) is 13.7. The summed E-state index contributed by atoms with van der Waals surface area (Å²) in [5.74, 6) is 0. The molecule has 0 atom stereocenters. The Morgan fingerprint density at radius 2 is 2.05 bits per heavy atom. The smallest absolute Gasteiger partial charge is 0.0701 e. The lowest BCUT2D eigenvalue weighted by Crippen LogP contribution is -2.24. The van der Waals surface area contributed by atoms with Gasteiger partial charge in [-0.2, -0.15) is 0 Å². The van der Waals surface area contributed by atoms with Crippen LogP contribution >= 0.6 is 43.2 Å². The molecule has 5 heteroatoms. The minimum atomic E-state index is 0.935. The summed E-state index contributed by atoms with van der Waals surface area (Å²) in [5.41, 5.74) is 2.51. The quantitative estimate of drug-likeness (QED) is 0.743. The van der Waals surface area contributed by atoms with Crippen LogP contribution in [0.25, 0.3) is 0 Å². The molecule has 0 saturated heterocycles. The van der Waals surface area contributed by atoms with E-state index in [1.54, 1.807) is 11.3 Å². The van der Waals surface area contributed by atoms with Crippen molar-refractivity contribution in [3.8, 4) is 0 Å². The highest BCUT2D eigenvalue weighted by molar-refractivity contribution is 9.11. The van der Waals surface area contributed by atoms with Crippen LogP contribution in [0.1, 0.15) is 5.56 Å². The van der Waals surface area contributed by atoms with Crippen molar-refractivity contribution in [2.75, 3.05) is 25.5 Å². The van der Waals surface area contributed by atoms with Gasteiger partial charge in [0.1, 0.15) is 0 Å².